The molecule has 7 heteroatoms. The lowest BCUT2D eigenvalue weighted by Gasteiger charge is -2.09. The highest BCUT2D eigenvalue weighted by molar-refractivity contribution is 6.42. The minimum atomic E-state index is 0.447. The average Bonchev–Trinajstić information content (AvgIpc) is 2.54. The molecule has 1 aromatic heterocycles. The Hall–Kier alpha value is -2.01. The highest BCUT2D eigenvalue weighted by atomic mass is 35.5. The van der Waals surface area contributed by atoms with Crippen LogP contribution in [-0.4, -0.2) is 9.97 Å². The van der Waals surface area contributed by atoms with Crippen LogP contribution in [0.5, 0.6) is 0 Å². The maximum absolute atomic E-state index is 6.00. The molecule has 2 N–H and O–H groups in total. The first-order chi connectivity index (χ1) is 11.1. The summed E-state index contributed by atoms with van der Waals surface area (Å²) in [6.45, 7) is 0. The van der Waals surface area contributed by atoms with Crippen molar-refractivity contribution in [2.24, 2.45) is 0 Å². The zero-order chi connectivity index (χ0) is 16.2. The molecule has 4 nitrogen and oxygen atoms in total. The summed E-state index contributed by atoms with van der Waals surface area (Å²) in [5.41, 5.74) is 1.64. The van der Waals surface area contributed by atoms with E-state index in [-0.39, 0.29) is 0 Å². The summed E-state index contributed by atoms with van der Waals surface area (Å²) in [5, 5.41) is 7.90. The molecule has 3 aromatic rings. The largest absolute Gasteiger partial charge is 0.340 e. The monoisotopic (exact) mass is 364 g/mol. The van der Waals surface area contributed by atoms with E-state index < -0.39 is 0 Å². The van der Waals surface area contributed by atoms with E-state index in [0.717, 1.165) is 11.4 Å². The van der Waals surface area contributed by atoms with Crippen LogP contribution in [0.15, 0.2) is 54.7 Å². The van der Waals surface area contributed by atoms with Gasteiger partial charge in [0, 0.05) is 22.6 Å². The van der Waals surface area contributed by atoms with Crippen molar-refractivity contribution in [3.05, 3.63) is 69.8 Å². The van der Waals surface area contributed by atoms with Crippen molar-refractivity contribution in [2.45, 2.75) is 0 Å². The lowest BCUT2D eigenvalue weighted by molar-refractivity contribution is 1.17. The second kappa shape index (κ2) is 7.04. The topological polar surface area (TPSA) is 49.8 Å². The minimum absolute atomic E-state index is 0.447. The molecule has 0 saturated heterocycles. The third-order valence-electron chi connectivity index (χ3n) is 2.95. The van der Waals surface area contributed by atoms with Gasteiger partial charge in [0.1, 0.15) is 5.82 Å². The second-order valence-corrected chi connectivity index (χ2v) is 5.90. The van der Waals surface area contributed by atoms with Gasteiger partial charge in [0.25, 0.3) is 0 Å². The molecule has 23 heavy (non-hydrogen) atoms. The molecule has 0 radical (unpaired) electrons. The molecule has 0 saturated carbocycles. The fourth-order valence-electron chi connectivity index (χ4n) is 1.87. The van der Waals surface area contributed by atoms with Gasteiger partial charge in [0.2, 0.25) is 5.95 Å². The van der Waals surface area contributed by atoms with Gasteiger partial charge in [0.15, 0.2) is 0 Å². The van der Waals surface area contributed by atoms with Crippen molar-refractivity contribution < 1.29 is 0 Å². The Morgan fingerprint density at radius 2 is 1.48 bits per heavy atom. The lowest BCUT2D eigenvalue weighted by Crippen LogP contribution is -2.00. The third kappa shape index (κ3) is 4.26. The molecule has 0 bridgehead atoms. The number of anilines is 4. The molecule has 0 unspecified atom stereocenters. The third-order valence-corrected chi connectivity index (χ3v) is 3.94. The summed E-state index contributed by atoms with van der Waals surface area (Å²) < 4.78 is 0. The molecule has 0 amide bonds. The molecule has 2 aromatic carbocycles. The van der Waals surface area contributed by atoms with Gasteiger partial charge in [-0.25, -0.2) is 4.98 Å². The molecule has 0 aliphatic heterocycles. The Bertz CT molecular complexity index is 822. The van der Waals surface area contributed by atoms with Crippen LogP contribution >= 0.6 is 34.8 Å². The summed E-state index contributed by atoms with van der Waals surface area (Å²) >= 11 is 17.8. The Kier molecular flexibility index (Phi) is 4.86. The second-order valence-electron chi connectivity index (χ2n) is 4.65. The molecule has 0 fully saturated rings. The van der Waals surface area contributed by atoms with Crippen LogP contribution < -0.4 is 10.6 Å². The molecular weight excluding hydrogens is 355 g/mol. The fourth-order valence-corrected chi connectivity index (χ4v) is 2.30. The summed E-state index contributed by atoms with van der Waals surface area (Å²) in [7, 11) is 0. The zero-order valence-electron chi connectivity index (χ0n) is 11.7. The van der Waals surface area contributed by atoms with Gasteiger partial charge in [-0.2, -0.15) is 4.98 Å². The van der Waals surface area contributed by atoms with Crippen LogP contribution in [0.4, 0.5) is 23.1 Å². The van der Waals surface area contributed by atoms with E-state index in [0.29, 0.717) is 26.8 Å². The summed E-state index contributed by atoms with van der Waals surface area (Å²) in [6, 6.07) is 14.4. The van der Waals surface area contributed by atoms with E-state index in [9.17, 15) is 0 Å². The smallest absolute Gasteiger partial charge is 0.229 e. The number of hydrogen-bond donors (Lipinski definition) is 2. The maximum Gasteiger partial charge on any atom is 0.229 e. The van der Waals surface area contributed by atoms with Crippen LogP contribution in [-0.2, 0) is 0 Å². The van der Waals surface area contributed by atoms with Gasteiger partial charge >= 0.3 is 0 Å². The standard InChI is InChI=1S/C16H11Cl3N4/c17-10-1-3-11(4-2-10)21-15-7-8-20-16(23-15)22-12-5-6-13(18)14(19)9-12/h1-9H,(H2,20,21,22,23). The molecular formula is C16H11Cl3N4. The summed E-state index contributed by atoms with van der Waals surface area (Å²) in [5.74, 6) is 1.10. The van der Waals surface area contributed by atoms with Crippen molar-refractivity contribution in [3.8, 4) is 0 Å². The Morgan fingerprint density at radius 1 is 0.739 bits per heavy atom. The number of halogens is 3. The van der Waals surface area contributed by atoms with E-state index in [4.69, 9.17) is 34.8 Å². The van der Waals surface area contributed by atoms with Crippen LogP contribution in [0.1, 0.15) is 0 Å². The lowest BCUT2D eigenvalue weighted by atomic mass is 10.3. The van der Waals surface area contributed by atoms with Gasteiger partial charge in [-0.05, 0) is 48.5 Å². The molecule has 0 atom stereocenters. The number of hydrogen-bond acceptors (Lipinski definition) is 4. The Labute approximate surface area is 148 Å². The first kappa shape index (κ1) is 15.9. The molecule has 0 aliphatic carbocycles. The van der Waals surface area contributed by atoms with Gasteiger partial charge in [-0.15, -0.1) is 0 Å². The first-order valence-corrected chi connectivity index (χ1v) is 7.81. The van der Waals surface area contributed by atoms with Crippen molar-refractivity contribution in [3.63, 3.8) is 0 Å². The van der Waals surface area contributed by atoms with Crippen molar-refractivity contribution in [1.29, 1.82) is 0 Å². The Morgan fingerprint density at radius 3 is 2.22 bits per heavy atom. The van der Waals surface area contributed by atoms with Crippen LogP contribution in [0.3, 0.4) is 0 Å². The number of nitrogens with one attached hydrogen (secondary N) is 2. The first-order valence-electron chi connectivity index (χ1n) is 6.68. The van der Waals surface area contributed by atoms with Crippen LogP contribution in [0, 0.1) is 0 Å². The molecule has 0 spiro atoms. The maximum atomic E-state index is 6.00. The average molecular weight is 366 g/mol. The van der Waals surface area contributed by atoms with E-state index in [1.807, 2.05) is 12.1 Å². The number of benzene rings is 2. The molecule has 0 aliphatic rings. The Balaban J connectivity index is 1.76. The number of aromatic nitrogens is 2. The summed E-state index contributed by atoms with van der Waals surface area (Å²) in [6.07, 6.45) is 1.66. The highest BCUT2D eigenvalue weighted by Gasteiger charge is 2.03. The van der Waals surface area contributed by atoms with Gasteiger partial charge in [-0.3, -0.25) is 0 Å². The highest BCUT2D eigenvalue weighted by Crippen LogP contribution is 2.26. The molecule has 1 heterocycles. The predicted molar refractivity (Wildman–Crippen MR) is 96.5 cm³/mol. The van der Waals surface area contributed by atoms with Crippen molar-refractivity contribution in [2.75, 3.05) is 10.6 Å². The molecule has 3 rings (SSSR count). The van der Waals surface area contributed by atoms with Crippen molar-refractivity contribution in [1.82, 2.24) is 9.97 Å². The van der Waals surface area contributed by atoms with Gasteiger partial charge < -0.3 is 10.6 Å². The van der Waals surface area contributed by atoms with E-state index in [2.05, 4.69) is 20.6 Å². The normalized spacial score (nSPS) is 10.4. The van der Waals surface area contributed by atoms with Gasteiger partial charge in [-0.1, -0.05) is 34.8 Å². The van der Waals surface area contributed by atoms with E-state index >= 15 is 0 Å². The number of rotatable bonds is 4. The van der Waals surface area contributed by atoms with E-state index in [1.54, 1.807) is 42.6 Å². The predicted octanol–water partition coefficient (Wildman–Crippen LogP) is 5.92. The quantitative estimate of drug-likeness (QED) is 0.602. The minimum Gasteiger partial charge on any atom is -0.340 e. The van der Waals surface area contributed by atoms with Crippen LogP contribution in [0.2, 0.25) is 15.1 Å². The van der Waals surface area contributed by atoms with E-state index in [1.165, 1.54) is 0 Å². The van der Waals surface area contributed by atoms with Crippen molar-refractivity contribution >= 4 is 57.9 Å². The zero-order valence-corrected chi connectivity index (χ0v) is 14.0. The summed E-state index contributed by atoms with van der Waals surface area (Å²) in [4.78, 5) is 8.58. The molecule has 116 valence electrons. The fraction of sp³-hybridized carbons (Fsp3) is 0. The van der Waals surface area contributed by atoms with Crippen LogP contribution in [0.25, 0.3) is 0 Å². The number of nitrogens with zero attached hydrogens (tertiary/aromatic N) is 2. The van der Waals surface area contributed by atoms with Gasteiger partial charge in [0.05, 0.1) is 10.0 Å². The SMILES string of the molecule is Clc1ccc(Nc2ccnc(Nc3ccc(Cl)c(Cl)c3)n2)cc1.